The van der Waals surface area contributed by atoms with Crippen molar-refractivity contribution < 1.29 is 19.4 Å². The Morgan fingerprint density at radius 3 is 2.63 bits per heavy atom. The predicted octanol–water partition coefficient (Wildman–Crippen LogP) is 1.70. The molecule has 0 atom stereocenters. The fraction of sp³-hybridized carbons (Fsp3) is 0.462. The Bertz CT molecular complexity index is 423. The summed E-state index contributed by atoms with van der Waals surface area (Å²) >= 11 is 5.90. The molecule has 0 aromatic heterocycles. The molecular weight excluding hydrogens is 270 g/mol. The summed E-state index contributed by atoms with van der Waals surface area (Å²) in [7, 11) is 4.86. The lowest BCUT2D eigenvalue weighted by molar-refractivity contribution is -0.129. The molecule has 1 amide bonds. The summed E-state index contributed by atoms with van der Waals surface area (Å²) in [4.78, 5) is 12.9. The van der Waals surface area contributed by atoms with Gasteiger partial charge in [-0.15, -0.1) is 0 Å². The van der Waals surface area contributed by atoms with E-state index >= 15 is 0 Å². The quantitative estimate of drug-likeness (QED) is 0.865. The standard InChI is InChI=1S/C13H18ClNO4/c1-15(2)12(17)4-5-19-13-9(8-16)6-10(14)7-11(13)18-3/h6-7,16H,4-5,8H2,1-3H3. The van der Waals surface area contributed by atoms with E-state index in [4.69, 9.17) is 21.1 Å². The number of halogens is 1. The van der Waals surface area contributed by atoms with Gasteiger partial charge in [-0.2, -0.15) is 0 Å². The second-order valence-corrected chi connectivity index (χ2v) is 4.58. The summed E-state index contributed by atoms with van der Waals surface area (Å²) in [5.74, 6) is 0.827. The molecule has 0 heterocycles. The lowest BCUT2D eigenvalue weighted by Crippen LogP contribution is -2.23. The zero-order valence-corrected chi connectivity index (χ0v) is 12.0. The molecule has 0 radical (unpaired) electrons. The van der Waals surface area contributed by atoms with Crippen LogP contribution in [0.25, 0.3) is 0 Å². The number of nitrogens with zero attached hydrogens (tertiary/aromatic N) is 1. The highest BCUT2D eigenvalue weighted by Crippen LogP contribution is 2.34. The van der Waals surface area contributed by atoms with Gasteiger partial charge in [0.25, 0.3) is 0 Å². The van der Waals surface area contributed by atoms with E-state index in [0.717, 1.165) is 0 Å². The van der Waals surface area contributed by atoms with Gasteiger partial charge in [-0.25, -0.2) is 0 Å². The molecule has 0 fully saturated rings. The smallest absolute Gasteiger partial charge is 0.225 e. The van der Waals surface area contributed by atoms with E-state index in [1.807, 2.05) is 0 Å². The first-order valence-corrected chi connectivity index (χ1v) is 6.17. The van der Waals surface area contributed by atoms with Gasteiger partial charge in [0.2, 0.25) is 5.91 Å². The summed E-state index contributed by atoms with van der Waals surface area (Å²) < 4.78 is 10.7. The maximum atomic E-state index is 11.4. The number of methoxy groups -OCH3 is 1. The fourth-order valence-electron chi connectivity index (χ4n) is 1.52. The Hall–Kier alpha value is -1.46. The van der Waals surface area contributed by atoms with Crippen molar-refractivity contribution in [2.75, 3.05) is 27.8 Å². The molecule has 19 heavy (non-hydrogen) atoms. The van der Waals surface area contributed by atoms with Crippen LogP contribution in [0.5, 0.6) is 11.5 Å². The van der Waals surface area contributed by atoms with Crippen LogP contribution in [0.3, 0.4) is 0 Å². The van der Waals surface area contributed by atoms with E-state index in [2.05, 4.69) is 0 Å². The zero-order valence-electron chi connectivity index (χ0n) is 11.3. The van der Waals surface area contributed by atoms with E-state index in [0.29, 0.717) is 22.1 Å². The Labute approximate surface area is 117 Å². The van der Waals surface area contributed by atoms with Crippen LogP contribution < -0.4 is 9.47 Å². The van der Waals surface area contributed by atoms with E-state index in [1.165, 1.54) is 12.0 Å². The molecule has 1 N–H and O–H groups in total. The summed E-state index contributed by atoms with van der Waals surface area (Å²) in [5, 5.41) is 9.75. The van der Waals surface area contributed by atoms with Gasteiger partial charge in [-0.1, -0.05) is 11.6 Å². The molecule has 1 aromatic rings. The summed E-state index contributed by atoms with van der Waals surface area (Å²) in [5.41, 5.74) is 0.529. The van der Waals surface area contributed by atoms with Crippen LogP contribution >= 0.6 is 11.6 Å². The van der Waals surface area contributed by atoms with Gasteiger partial charge in [-0.05, 0) is 6.07 Å². The second kappa shape index (κ2) is 7.21. The Balaban J connectivity index is 2.79. The maximum Gasteiger partial charge on any atom is 0.225 e. The fourth-order valence-corrected chi connectivity index (χ4v) is 1.75. The number of rotatable bonds is 6. The lowest BCUT2D eigenvalue weighted by Gasteiger charge is -2.15. The average Bonchev–Trinajstić information content (AvgIpc) is 2.39. The molecule has 1 rings (SSSR count). The molecule has 0 aliphatic carbocycles. The van der Waals surface area contributed by atoms with Crippen LogP contribution in [0, 0.1) is 0 Å². The third-order valence-corrected chi connectivity index (χ3v) is 2.77. The molecule has 0 aliphatic heterocycles. The highest BCUT2D eigenvalue weighted by Gasteiger charge is 2.13. The third-order valence-electron chi connectivity index (χ3n) is 2.55. The van der Waals surface area contributed by atoms with E-state index in [9.17, 15) is 9.90 Å². The number of aliphatic hydroxyl groups excluding tert-OH is 1. The maximum absolute atomic E-state index is 11.4. The number of hydrogen-bond donors (Lipinski definition) is 1. The number of aliphatic hydroxyl groups is 1. The van der Waals surface area contributed by atoms with Gasteiger partial charge in [0.15, 0.2) is 11.5 Å². The number of benzene rings is 1. The molecule has 0 spiro atoms. The van der Waals surface area contributed by atoms with Crippen LogP contribution in [-0.2, 0) is 11.4 Å². The van der Waals surface area contributed by atoms with Crippen LogP contribution in [-0.4, -0.2) is 43.7 Å². The lowest BCUT2D eigenvalue weighted by atomic mass is 10.2. The van der Waals surface area contributed by atoms with E-state index < -0.39 is 0 Å². The number of amides is 1. The van der Waals surface area contributed by atoms with Gasteiger partial charge < -0.3 is 19.5 Å². The highest BCUT2D eigenvalue weighted by atomic mass is 35.5. The monoisotopic (exact) mass is 287 g/mol. The van der Waals surface area contributed by atoms with Crippen molar-refractivity contribution in [2.24, 2.45) is 0 Å². The predicted molar refractivity (Wildman–Crippen MR) is 72.7 cm³/mol. The van der Waals surface area contributed by atoms with Crippen molar-refractivity contribution in [3.8, 4) is 11.5 Å². The van der Waals surface area contributed by atoms with Crippen molar-refractivity contribution in [3.63, 3.8) is 0 Å². The minimum Gasteiger partial charge on any atom is -0.493 e. The second-order valence-electron chi connectivity index (χ2n) is 4.14. The first kappa shape index (κ1) is 15.6. The van der Waals surface area contributed by atoms with Crippen molar-refractivity contribution >= 4 is 17.5 Å². The van der Waals surface area contributed by atoms with Crippen LogP contribution in [0.2, 0.25) is 5.02 Å². The van der Waals surface area contributed by atoms with Crippen molar-refractivity contribution in [1.29, 1.82) is 0 Å². The number of carbonyl (C=O) groups is 1. The minimum atomic E-state index is -0.214. The topological polar surface area (TPSA) is 59.0 Å². The number of ether oxygens (including phenoxy) is 2. The molecule has 1 aromatic carbocycles. The summed E-state index contributed by atoms with van der Waals surface area (Å²) in [6, 6.07) is 3.21. The third kappa shape index (κ3) is 4.29. The molecular formula is C13H18ClNO4. The molecule has 0 saturated carbocycles. The molecule has 0 bridgehead atoms. The van der Waals surface area contributed by atoms with Gasteiger partial charge in [-0.3, -0.25) is 4.79 Å². The van der Waals surface area contributed by atoms with Crippen molar-refractivity contribution in [2.45, 2.75) is 13.0 Å². The number of carbonyl (C=O) groups excluding carboxylic acids is 1. The van der Waals surface area contributed by atoms with Crippen LogP contribution in [0.1, 0.15) is 12.0 Å². The first-order valence-electron chi connectivity index (χ1n) is 5.79. The molecule has 5 nitrogen and oxygen atoms in total. The van der Waals surface area contributed by atoms with Gasteiger partial charge in [0, 0.05) is 30.7 Å². The van der Waals surface area contributed by atoms with Crippen LogP contribution in [0.15, 0.2) is 12.1 Å². The van der Waals surface area contributed by atoms with Crippen molar-refractivity contribution in [1.82, 2.24) is 4.90 Å². The Kier molecular flexibility index (Phi) is 5.92. The van der Waals surface area contributed by atoms with Crippen LogP contribution in [0.4, 0.5) is 0 Å². The van der Waals surface area contributed by atoms with Gasteiger partial charge in [0.05, 0.1) is 26.7 Å². The van der Waals surface area contributed by atoms with Crippen molar-refractivity contribution in [3.05, 3.63) is 22.7 Å². The normalized spacial score (nSPS) is 10.2. The van der Waals surface area contributed by atoms with E-state index in [-0.39, 0.29) is 25.5 Å². The molecule has 6 heteroatoms. The summed E-state index contributed by atoms with van der Waals surface area (Å²) in [6.45, 7) is -0.00408. The highest BCUT2D eigenvalue weighted by molar-refractivity contribution is 6.30. The van der Waals surface area contributed by atoms with E-state index in [1.54, 1.807) is 26.2 Å². The first-order chi connectivity index (χ1) is 8.99. The average molecular weight is 288 g/mol. The summed E-state index contributed by atoms with van der Waals surface area (Å²) in [6.07, 6.45) is 0.254. The molecule has 0 saturated heterocycles. The van der Waals surface area contributed by atoms with Gasteiger partial charge >= 0.3 is 0 Å². The van der Waals surface area contributed by atoms with Gasteiger partial charge in [0.1, 0.15) is 0 Å². The largest absolute Gasteiger partial charge is 0.493 e. The molecule has 0 aliphatic rings. The zero-order chi connectivity index (χ0) is 14.4. The molecule has 106 valence electrons. The minimum absolute atomic E-state index is 0.0292. The molecule has 0 unspecified atom stereocenters. The Morgan fingerprint density at radius 1 is 1.42 bits per heavy atom. The Morgan fingerprint density at radius 2 is 2.11 bits per heavy atom. The number of hydrogen-bond acceptors (Lipinski definition) is 4. The SMILES string of the molecule is COc1cc(Cl)cc(CO)c1OCCC(=O)N(C)C.